The molecule has 0 radical (unpaired) electrons. The predicted octanol–water partition coefficient (Wildman–Crippen LogP) is 26.4. The number of nitrogens with one attached hydrogen (secondary N) is 1. The quantitative estimate of drug-likeness (QED) is 0.0320. The molecule has 0 saturated heterocycles. The van der Waals surface area contributed by atoms with Crippen molar-refractivity contribution in [2.45, 2.75) is 469 Å². The summed E-state index contributed by atoms with van der Waals surface area (Å²) in [6.45, 7) is 4.98. The van der Waals surface area contributed by atoms with Gasteiger partial charge in [0.1, 0.15) is 0 Å². The highest BCUT2D eigenvalue weighted by atomic mass is 16.5. The fourth-order valence-corrected chi connectivity index (χ4v) is 12.9. The van der Waals surface area contributed by atoms with E-state index in [1.807, 2.05) is 0 Å². The molecule has 2 atom stereocenters. The average Bonchev–Trinajstić information content (AvgIpc) is 3.52. The van der Waals surface area contributed by atoms with Crippen LogP contribution in [0.25, 0.3) is 0 Å². The van der Waals surface area contributed by atoms with Crippen LogP contribution in [0.2, 0.25) is 0 Å². The summed E-state index contributed by atoms with van der Waals surface area (Å²) in [6, 6.07) is -0.538. The Morgan fingerprint density at radius 2 is 0.540 bits per heavy atom. The molecule has 0 fully saturated rings. The number of ether oxygens (including phenoxy) is 1. The Labute approximate surface area is 545 Å². The Hall–Kier alpha value is -1.66. The molecule has 0 aliphatic carbocycles. The van der Waals surface area contributed by atoms with E-state index in [2.05, 4.69) is 43.5 Å². The molecule has 3 N–H and O–H groups in total. The summed E-state index contributed by atoms with van der Waals surface area (Å²) in [7, 11) is 0. The second-order valence-electron chi connectivity index (χ2n) is 27.7. The Kier molecular flexibility index (Phi) is 75.3. The van der Waals surface area contributed by atoms with Gasteiger partial charge in [-0.25, -0.2) is 0 Å². The number of rotatable bonds is 76. The van der Waals surface area contributed by atoms with Gasteiger partial charge in [-0.2, -0.15) is 0 Å². The van der Waals surface area contributed by atoms with Crippen molar-refractivity contribution in [3.05, 3.63) is 24.3 Å². The van der Waals surface area contributed by atoms with Crippen molar-refractivity contribution in [3.8, 4) is 0 Å². The Balaban J connectivity index is 3.32. The minimum Gasteiger partial charge on any atom is -0.466 e. The first-order valence-electron chi connectivity index (χ1n) is 40.1. The highest BCUT2D eigenvalue weighted by molar-refractivity contribution is 5.76. The maximum absolute atomic E-state index is 12.6. The van der Waals surface area contributed by atoms with E-state index in [-0.39, 0.29) is 18.5 Å². The van der Waals surface area contributed by atoms with Crippen molar-refractivity contribution >= 4 is 11.9 Å². The van der Waals surface area contributed by atoms with Crippen LogP contribution in [0.1, 0.15) is 457 Å². The standard InChI is InChI=1S/C81H157NO5/c1-3-5-7-9-11-13-15-17-18-19-41-44-47-50-53-57-61-65-69-73-79(84)78(77-83)82-80(85)74-70-66-62-58-54-51-48-45-42-39-37-35-33-31-29-27-25-23-21-20-22-24-26-28-30-32-34-36-38-40-43-46-49-52-56-60-64-68-72-76-87-81(86)75-71-67-63-59-55-16-14-12-10-8-6-4-2/h12,14,20-21,78-79,83-84H,3-11,13,15-19,22-77H2,1-2H3,(H,82,85)/b14-12-,21-20-. The lowest BCUT2D eigenvalue weighted by Crippen LogP contribution is -2.45. The number of carbonyl (C=O) groups is 2. The van der Waals surface area contributed by atoms with E-state index >= 15 is 0 Å². The second-order valence-corrected chi connectivity index (χ2v) is 27.7. The zero-order chi connectivity index (χ0) is 62.8. The number of unbranched alkanes of at least 4 members (excludes halogenated alkanes) is 61. The van der Waals surface area contributed by atoms with E-state index in [9.17, 15) is 19.8 Å². The predicted molar refractivity (Wildman–Crippen MR) is 384 cm³/mol. The maximum Gasteiger partial charge on any atom is 0.305 e. The lowest BCUT2D eigenvalue weighted by atomic mass is 10.0. The fourth-order valence-electron chi connectivity index (χ4n) is 12.9. The molecule has 516 valence electrons. The molecule has 0 aromatic heterocycles. The molecule has 1 amide bonds. The first-order valence-corrected chi connectivity index (χ1v) is 40.1. The number of esters is 1. The van der Waals surface area contributed by atoms with Gasteiger partial charge in [-0.1, -0.05) is 391 Å². The molecule has 6 heteroatoms. The van der Waals surface area contributed by atoms with Gasteiger partial charge in [-0.15, -0.1) is 0 Å². The van der Waals surface area contributed by atoms with Gasteiger partial charge in [0.25, 0.3) is 0 Å². The summed E-state index contributed by atoms with van der Waals surface area (Å²) in [5.41, 5.74) is 0. The van der Waals surface area contributed by atoms with Crippen molar-refractivity contribution in [1.82, 2.24) is 5.32 Å². The zero-order valence-electron chi connectivity index (χ0n) is 59.3. The summed E-state index contributed by atoms with van der Waals surface area (Å²) in [5.74, 6) is -0.0126. The Bertz CT molecular complexity index is 1360. The molecule has 0 aliphatic heterocycles. The van der Waals surface area contributed by atoms with Crippen LogP contribution in [0, 0.1) is 0 Å². The van der Waals surface area contributed by atoms with Crippen molar-refractivity contribution in [1.29, 1.82) is 0 Å². The maximum atomic E-state index is 12.6. The van der Waals surface area contributed by atoms with Crippen molar-refractivity contribution in [2.24, 2.45) is 0 Å². The minimum atomic E-state index is -0.662. The van der Waals surface area contributed by atoms with Crippen LogP contribution in [-0.4, -0.2) is 47.4 Å². The third kappa shape index (κ3) is 73.3. The summed E-state index contributed by atoms with van der Waals surface area (Å²) < 4.78 is 5.48. The van der Waals surface area contributed by atoms with Gasteiger partial charge in [0.15, 0.2) is 0 Å². The lowest BCUT2D eigenvalue weighted by molar-refractivity contribution is -0.143. The van der Waals surface area contributed by atoms with Crippen molar-refractivity contribution < 1.29 is 24.5 Å². The normalized spacial score (nSPS) is 12.6. The SMILES string of the molecule is CCCCC/C=C\CCCCCCCC(=O)OCCCCCCCCCCCCCCCCCCCC/C=C\CCCCCCCCCCCCCCCCCCCC(=O)NC(CO)C(O)CCCCCCCCCCCCCCCCCCCCC. The summed E-state index contributed by atoms with van der Waals surface area (Å²) in [4.78, 5) is 24.6. The third-order valence-electron chi connectivity index (χ3n) is 19.0. The van der Waals surface area contributed by atoms with Crippen LogP contribution in [0.5, 0.6) is 0 Å². The van der Waals surface area contributed by atoms with E-state index in [1.54, 1.807) is 0 Å². The molecule has 0 heterocycles. The van der Waals surface area contributed by atoms with E-state index in [0.29, 0.717) is 25.9 Å². The van der Waals surface area contributed by atoms with Gasteiger partial charge < -0.3 is 20.3 Å². The van der Waals surface area contributed by atoms with Gasteiger partial charge in [0, 0.05) is 12.8 Å². The van der Waals surface area contributed by atoms with Crippen LogP contribution in [0.4, 0.5) is 0 Å². The summed E-state index contributed by atoms with van der Waals surface area (Å²) >= 11 is 0. The second kappa shape index (κ2) is 76.8. The number of hydrogen-bond donors (Lipinski definition) is 3. The van der Waals surface area contributed by atoms with E-state index in [1.165, 1.54) is 379 Å². The highest BCUT2D eigenvalue weighted by Crippen LogP contribution is 2.20. The van der Waals surface area contributed by atoms with Gasteiger partial charge >= 0.3 is 5.97 Å². The summed E-state index contributed by atoms with van der Waals surface area (Å²) in [6.07, 6.45) is 98.6. The molecular weight excluding hydrogens is 1070 g/mol. The molecule has 0 aromatic rings. The molecule has 0 bridgehead atoms. The Morgan fingerprint density at radius 3 is 0.839 bits per heavy atom. The molecule has 0 rings (SSSR count). The van der Waals surface area contributed by atoms with Crippen LogP contribution in [-0.2, 0) is 14.3 Å². The monoisotopic (exact) mass is 1220 g/mol. The molecule has 87 heavy (non-hydrogen) atoms. The molecule has 2 unspecified atom stereocenters. The number of carbonyl (C=O) groups excluding carboxylic acids is 2. The number of hydrogen-bond acceptors (Lipinski definition) is 5. The van der Waals surface area contributed by atoms with Gasteiger partial charge in [-0.3, -0.25) is 9.59 Å². The largest absolute Gasteiger partial charge is 0.466 e. The number of aliphatic hydroxyl groups excluding tert-OH is 2. The molecular formula is C81H157NO5. The first kappa shape index (κ1) is 85.3. The zero-order valence-corrected chi connectivity index (χ0v) is 59.3. The smallest absolute Gasteiger partial charge is 0.305 e. The molecule has 0 saturated carbocycles. The van der Waals surface area contributed by atoms with E-state index in [0.717, 1.165) is 44.9 Å². The van der Waals surface area contributed by atoms with E-state index in [4.69, 9.17) is 4.74 Å². The number of amides is 1. The first-order chi connectivity index (χ1) is 43.0. The minimum absolute atomic E-state index is 0.0131. The third-order valence-corrected chi connectivity index (χ3v) is 19.0. The highest BCUT2D eigenvalue weighted by Gasteiger charge is 2.20. The van der Waals surface area contributed by atoms with E-state index < -0.39 is 12.1 Å². The Morgan fingerprint density at radius 1 is 0.310 bits per heavy atom. The summed E-state index contributed by atoms with van der Waals surface area (Å²) in [5, 5.41) is 23.4. The lowest BCUT2D eigenvalue weighted by Gasteiger charge is -2.22. The van der Waals surface area contributed by atoms with Gasteiger partial charge in [0.05, 0.1) is 25.4 Å². The van der Waals surface area contributed by atoms with Crippen LogP contribution in [0.3, 0.4) is 0 Å². The molecule has 6 nitrogen and oxygen atoms in total. The van der Waals surface area contributed by atoms with Gasteiger partial charge in [-0.05, 0) is 77.0 Å². The average molecular weight is 1230 g/mol. The van der Waals surface area contributed by atoms with Crippen LogP contribution >= 0.6 is 0 Å². The molecule has 0 aromatic carbocycles. The van der Waals surface area contributed by atoms with Crippen LogP contribution < -0.4 is 5.32 Å². The topological polar surface area (TPSA) is 95.9 Å². The molecule has 0 spiro atoms. The van der Waals surface area contributed by atoms with Gasteiger partial charge in [0.2, 0.25) is 5.91 Å². The van der Waals surface area contributed by atoms with Crippen molar-refractivity contribution in [2.75, 3.05) is 13.2 Å². The fraction of sp³-hybridized carbons (Fsp3) is 0.926. The number of allylic oxidation sites excluding steroid dienone is 4. The van der Waals surface area contributed by atoms with Crippen molar-refractivity contribution in [3.63, 3.8) is 0 Å². The number of aliphatic hydroxyl groups is 2. The molecule has 0 aliphatic rings. The van der Waals surface area contributed by atoms with Crippen LogP contribution in [0.15, 0.2) is 24.3 Å².